The third-order valence-corrected chi connectivity index (χ3v) is 3.77. The summed E-state index contributed by atoms with van der Waals surface area (Å²) in [7, 11) is 3.08. The van der Waals surface area contributed by atoms with Gasteiger partial charge in [-0.2, -0.15) is 0 Å². The van der Waals surface area contributed by atoms with Crippen LogP contribution in [0.1, 0.15) is 0 Å². The molecule has 23 heavy (non-hydrogen) atoms. The summed E-state index contributed by atoms with van der Waals surface area (Å²) >= 11 is 9.18. The van der Waals surface area contributed by atoms with Crippen molar-refractivity contribution in [1.29, 1.82) is 0 Å². The van der Waals surface area contributed by atoms with Gasteiger partial charge in [0.05, 0.1) is 18.7 Å². The Morgan fingerprint density at radius 3 is 2.43 bits per heavy atom. The third-order valence-electron chi connectivity index (χ3n) is 2.92. The molecule has 0 aromatic heterocycles. The number of halogens is 2. The minimum Gasteiger partial charge on any atom is -0.493 e. The Labute approximate surface area is 147 Å². The SMILES string of the molecule is COc1ccc(NC(=O)COc2ccc(Cl)cc2Br)cc1OC. The molecule has 0 atom stereocenters. The van der Waals surface area contributed by atoms with Gasteiger partial charge in [-0.1, -0.05) is 11.6 Å². The van der Waals surface area contributed by atoms with E-state index in [9.17, 15) is 4.79 Å². The number of ether oxygens (including phenoxy) is 3. The summed E-state index contributed by atoms with van der Waals surface area (Å²) < 4.78 is 16.5. The zero-order chi connectivity index (χ0) is 16.8. The number of hydrogen-bond acceptors (Lipinski definition) is 4. The zero-order valence-corrected chi connectivity index (χ0v) is 14.9. The van der Waals surface area contributed by atoms with Gasteiger partial charge in [0.15, 0.2) is 18.1 Å². The summed E-state index contributed by atoms with van der Waals surface area (Å²) in [6.07, 6.45) is 0. The Morgan fingerprint density at radius 2 is 1.78 bits per heavy atom. The molecule has 0 fully saturated rings. The van der Waals surface area contributed by atoms with E-state index in [0.29, 0.717) is 32.4 Å². The normalized spacial score (nSPS) is 10.1. The lowest BCUT2D eigenvalue weighted by atomic mass is 10.2. The molecular formula is C16H15BrClNO4. The summed E-state index contributed by atoms with van der Waals surface area (Å²) in [5.74, 6) is 1.37. The van der Waals surface area contributed by atoms with Crippen LogP contribution in [-0.2, 0) is 4.79 Å². The van der Waals surface area contributed by atoms with Crippen molar-refractivity contribution in [2.75, 3.05) is 26.1 Å². The van der Waals surface area contributed by atoms with Crippen LogP contribution in [0.3, 0.4) is 0 Å². The quantitative estimate of drug-likeness (QED) is 0.792. The van der Waals surface area contributed by atoms with Crippen LogP contribution in [-0.4, -0.2) is 26.7 Å². The molecule has 0 unspecified atom stereocenters. The average Bonchev–Trinajstić information content (AvgIpc) is 2.54. The van der Waals surface area contributed by atoms with Gasteiger partial charge in [-0.05, 0) is 46.3 Å². The van der Waals surface area contributed by atoms with E-state index in [1.165, 1.54) is 7.11 Å². The first-order valence-electron chi connectivity index (χ1n) is 6.63. The van der Waals surface area contributed by atoms with Crippen molar-refractivity contribution in [3.63, 3.8) is 0 Å². The fourth-order valence-electron chi connectivity index (χ4n) is 1.85. The number of methoxy groups -OCH3 is 2. The van der Waals surface area contributed by atoms with Crippen molar-refractivity contribution in [2.24, 2.45) is 0 Å². The van der Waals surface area contributed by atoms with E-state index in [1.54, 1.807) is 43.5 Å². The minimum atomic E-state index is -0.293. The maximum absolute atomic E-state index is 12.0. The van der Waals surface area contributed by atoms with Crippen LogP contribution in [0.25, 0.3) is 0 Å². The van der Waals surface area contributed by atoms with Crippen LogP contribution in [0.5, 0.6) is 17.2 Å². The van der Waals surface area contributed by atoms with Crippen LogP contribution in [0.15, 0.2) is 40.9 Å². The average molecular weight is 401 g/mol. The molecule has 122 valence electrons. The van der Waals surface area contributed by atoms with Crippen molar-refractivity contribution in [3.8, 4) is 17.2 Å². The maximum atomic E-state index is 12.0. The van der Waals surface area contributed by atoms with Gasteiger partial charge in [0.1, 0.15) is 5.75 Å². The van der Waals surface area contributed by atoms with E-state index in [1.807, 2.05) is 0 Å². The van der Waals surface area contributed by atoms with Gasteiger partial charge < -0.3 is 19.5 Å². The molecular weight excluding hydrogens is 386 g/mol. The van der Waals surface area contributed by atoms with Crippen molar-refractivity contribution in [2.45, 2.75) is 0 Å². The highest BCUT2D eigenvalue weighted by atomic mass is 79.9. The summed E-state index contributed by atoms with van der Waals surface area (Å²) in [5.41, 5.74) is 0.589. The molecule has 2 rings (SSSR count). The van der Waals surface area contributed by atoms with Crippen molar-refractivity contribution in [3.05, 3.63) is 45.9 Å². The molecule has 1 N–H and O–H groups in total. The largest absolute Gasteiger partial charge is 0.493 e. The zero-order valence-electron chi connectivity index (χ0n) is 12.6. The van der Waals surface area contributed by atoms with E-state index in [0.717, 1.165) is 0 Å². The second kappa shape index (κ2) is 8.08. The number of carbonyl (C=O) groups excluding carboxylic acids is 1. The standard InChI is InChI=1S/C16H15BrClNO4/c1-21-14-6-4-11(8-15(14)22-2)19-16(20)9-23-13-5-3-10(18)7-12(13)17/h3-8H,9H2,1-2H3,(H,19,20). The smallest absolute Gasteiger partial charge is 0.262 e. The van der Waals surface area contributed by atoms with Gasteiger partial charge in [0.25, 0.3) is 5.91 Å². The number of carbonyl (C=O) groups is 1. The molecule has 0 saturated carbocycles. The maximum Gasteiger partial charge on any atom is 0.262 e. The fraction of sp³-hybridized carbons (Fsp3) is 0.188. The van der Waals surface area contributed by atoms with Crippen molar-refractivity contribution >= 4 is 39.1 Å². The molecule has 5 nitrogen and oxygen atoms in total. The lowest BCUT2D eigenvalue weighted by Crippen LogP contribution is -2.20. The van der Waals surface area contributed by atoms with Gasteiger partial charge in [-0.25, -0.2) is 0 Å². The minimum absolute atomic E-state index is 0.130. The molecule has 2 aromatic rings. The number of anilines is 1. The van der Waals surface area contributed by atoms with E-state index < -0.39 is 0 Å². The monoisotopic (exact) mass is 399 g/mol. The first-order chi connectivity index (χ1) is 11.0. The summed E-state index contributed by atoms with van der Waals surface area (Å²) in [6.45, 7) is -0.130. The highest BCUT2D eigenvalue weighted by Gasteiger charge is 2.09. The number of hydrogen-bond donors (Lipinski definition) is 1. The molecule has 0 heterocycles. The van der Waals surface area contributed by atoms with Crippen LogP contribution in [0.2, 0.25) is 5.02 Å². The summed E-state index contributed by atoms with van der Waals surface area (Å²) in [6, 6.07) is 10.2. The van der Waals surface area contributed by atoms with Crippen LogP contribution >= 0.6 is 27.5 Å². The molecule has 0 spiro atoms. The number of rotatable bonds is 6. The molecule has 0 aliphatic carbocycles. The summed E-state index contributed by atoms with van der Waals surface area (Å²) in [5, 5.41) is 3.31. The second-order valence-corrected chi connectivity index (χ2v) is 5.77. The first kappa shape index (κ1) is 17.4. The van der Waals surface area contributed by atoms with Gasteiger partial charge in [-0.15, -0.1) is 0 Å². The molecule has 0 radical (unpaired) electrons. The molecule has 1 amide bonds. The van der Waals surface area contributed by atoms with Gasteiger partial charge in [-0.3, -0.25) is 4.79 Å². The number of amides is 1. The van der Waals surface area contributed by atoms with Gasteiger partial charge in [0, 0.05) is 16.8 Å². The Balaban J connectivity index is 1.97. The Morgan fingerprint density at radius 1 is 1.09 bits per heavy atom. The molecule has 2 aromatic carbocycles. The lowest BCUT2D eigenvalue weighted by Gasteiger charge is -2.11. The van der Waals surface area contributed by atoms with Crippen molar-refractivity contribution < 1.29 is 19.0 Å². The van der Waals surface area contributed by atoms with Gasteiger partial charge in [0.2, 0.25) is 0 Å². The van der Waals surface area contributed by atoms with Crippen LogP contribution in [0.4, 0.5) is 5.69 Å². The topological polar surface area (TPSA) is 56.8 Å². The Hall–Kier alpha value is -1.92. The molecule has 0 bridgehead atoms. The van der Waals surface area contributed by atoms with E-state index in [2.05, 4.69) is 21.2 Å². The first-order valence-corrected chi connectivity index (χ1v) is 7.80. The van der Waals surface area contributed by atoms with E-state index in [-0.39, 0.29) is 12.5 Å². The molecule has 0 aliphatic rings. The van der Waals surface area contributed by atoms with Gasteiger partial charge >= 0.3 is 0 Å². The molecule has 0 aliphatic heterocycles. The summed E-state index contributed by atoms with van der Waals surface area (Å²) in [4.78, 5) is 12.0. The van der Waals surface area contributed by atoms with E-state index >= 15 is 0 Å². The Bertz CT molecular complexity index is 708. The van der Waals surface area contributed by atoms with Crippen LogP contribution in [0, 0.1) is 0 Å². The third kappa shape index (κ3) is 4.77. The predicted octanol–water partition coefficient (Wildman–Crippen LogP) is 4.14. The number of nitrogens with one attached hydrogen (secondary N) is 1. The molecule has 0 saturated heterocycles. The highest BCUT2D eigenvalue weighted by molar-refractivity contribution is 9.10. The number of benzene rings is 2. The lowest BCUT2D eigenvalue weighted by molar-refractivity contribution is -0.118. The van der Waals surface area contributed by atoms with Crippen LogP contribution < -0.4 is 19.5 Å². The second-order valence-electron chi connectivity index (χ2n) is 4.48. The van der Waals surface area contributed by atoms with E-state index in [4.69, 9.17) is 25.8 Å². The highest BCUT2D eigenvalue weighted by Crippen LogP contribution is 2.30. The molecule has 7 heteroatoms. The fourth-order valence-corrected chi connectivity index (χ4v) is 2.64. The van der Waals surface area contributed by atoms with Crippen molar-refractivity contribution in [1.82, 2.24) is 0 Å². The predicted molar refractivity (Wildman–Crippen MR) is 92.8 cm³/mol. The Kier molecular flexibility index (Phi) is 6.12.